The molecule has 0 spiro atoms. The number of hydrogen-bond donors (Lipinski definition) is 2. The molecule has 27 heavy (non-hydrogen) atoms. The summed E-state index contributed by atoms with van der Waals surface area (Å²) >= 11 is 5.73. The van der Waals surface area contributed by atoms with Crippen LogP contribution in [0.2, 0.25) is 5.02 Å². The average molecular weight is 402 g/mol. The van der Waals surface area contributed by atoms with Crippen molar-refractivity contribution in [2.24, 2.45) is 5.92 Å². The molecule has 1 saturated carbocycles. The number of hydrogen-bond acceptors (Lipinski definition) is 3. The number of benzene rings is 1. The summed E-state index contributed by atoms with van der Waals surface area (Å²) in [6.45, 7) is 2.33. The van der Waals surface area contributed by atoms with Crippen LogP contribution in [0.25, 0.3) is 0 Å². The maximum absolute atomic E-state index is 14.6. The fourth-order valence-corrected chi connectivity index (χ4v) is 3.75. The molecule has 1 aliphatic heterocycles. The van der Waals surface area contributed by atoms with E-state index in [9.17, 15) is 18.4 Å². The van der Waals surface area contributed by atoms with Crippen LogP contribution in [0.4, 0.5) is 13.6 Å². The Morgan fingerprint density at radius 2 is 2.11 bits per heavy atom. The van der Waals surface area contributed by atoms with Gasteiger partial charge in [0.1, 0.15) is 22.7 Å². The van der Waals surface area contributed by atoms with E-state index < -0.39 is 34.8 Å². The number of nitrogens with one attached hydrogen (secondary N) is 2. The van der Waals surface area contributed by atoms with E-state index in [1.165, 1.54) is 11.0 Å². The minimum atomic E-state index is -0.882. The number of rotatable bonds is 4. The zero-order valence-corrected chi connectivity index (χ0v) is 15.9. The number of halogens is 3. The van der Waals surface area contributed by atoms with Crippen molar-refractivity contribution in [3.63, 3.8) is 0 Å². The van der Waals surface area contributed by atoms with Crippen LogP contribution in [0.3, 0.4) is 0 Å². The Hall–Kier alpha value is -1.93. The van der Waals surface area contributed by atoms with E-state index in [0.29, 0.717) is 25.9 Å². The predicted octanol–water partition coefficient (Wildman–Crippen LogP) is 2.61. The van der Waals surface area contributed by atoms with Crippen molar-refractivity contribution in [3.05, 3.63) is 34.4 Å². The monoisotopic (exact) mass is 401 g/mol. The van der Waals surface area contributed by atoms with Crippen LogP contribution < -0.4 is 10.6 Å². The van der Waals surface area contributed by atoms with E-state index in [2.05, 4.69) is 10.6 Å². The lowest BCUT2D eigenvalue weighted by molar-refractivity contribution is -0.127. The van der Waals surface area contributed by atoms with Gasteiger partial charge in [-0.1, -0.05) is 17.7 Å². The predicted molar refractivity (Wildman–Crippen MR) is 95.3 cm³/mol. The lowest BCUT2D eigenvalue weighted by atomic mass is 9.74. The summed E-state index contributed by atoms with van der Waals surface area (Å²) in [6, 6.07) is 0.591. The lowest BCUT2D eigenvalue weighted by Crippen LogP contribution is -2.59. The summed E-state index contributed by atoms with van der Waals surface area (Å²) in [5.41, 5.74) is 0.128. The van der Waals surface area contributed by atoms with Gasteiger partial charge >= 0.3 is 6.03 Å². The molecule has 0 aromatic heterocycles. The molecule has 6 nitrogen and oxygen atoms in total. The molecular formula is C18H22ClF2N3O3. The molecule has 0 radical (unpaired) electrons. The average Bonchev–Trinajstić information content (AvgIpc) is 2.60. The Labute approximate surface area is 161 Å². The van der Waals surface area contributed by atoms with Gasteiger partial charge in [0.2, 0.25) is 5.91 Å². The van der Waals surface area contributed by atoms with Crippen LogP contribution in [0.1, 0.15) is 31.4 Å². The van der Waals surface area contributed by atoms with E-state index in [-0.39, 0.29) is 23.5 Å². The van der Waals surface area contributed by atoms with Gasteiger partial charge in [0.05, 0.1) is 12.1 Å². The minimum absolute atomic E-state index is 0.0353. The maximum atomic E-state index is 14.6. The first-order chi connectivity index (χ1) is 12.8. The highest BCUT2D eigenvalue weighted by Gasteiger charge is 2.40. The number of carbonyl (C=O) groups is 2. The number of carbonyl (C=O) groups excluding carboxylic acids is 2. The van der Waals surface area contributed by atoms with Crippen LogP contribution in [-0.4, -0.2) is 49.2 Å². The summed E-state index contributed by atoms with van der Waals surface area (Å²) in [6.07, 6.45) is 1.30. The zero-order valence-electron chi connectivity index (χ0n) is 15.1. The van der Waals surface area contributed by atoms with E-state index >= 15 is 0 Å². The van der Waals surface area contributed by atoms with Crippen LogP contribution in [-0.2, 0) is 9.53 Å². The van der Waals surface area contributed by atoms with Crippen molar-refractivity contribution in [2.45, 2.75) is 38.0 Å². The molecule has 1 aliphatic carbocycles. The number of urea groups is 1. The molecule has 148 valence electrons. The van der Waals surface area contributed by atoms with Crippen molar-refractivity contribution in [3.8, 4) is 0 Å². The summed E-state index contributed by atoms with van der Waals surface area (Å²) in [4.78, 5) is 26.0. The van der Waals surface area contributed by atoms with Gasteiger partial charge in [-0.25, -0.2) is 13.6 Å². The highest BCUT2D eigenvalue weighted by molar-refractivity contribution is 6.31. The van der Waals surface area contributed by atoms with E-state index in [1.807, 2.05) is 0 Å². The SMILES string of the molecule is CO[C@H]1C[C@@H]([C@@H](NC(=O)N2CCNC(=O)[C@H]2C)c2ccc(F)c(Cl)c2F)C1. The third-order valence-corrected chi connectivity index (χ3v) is 5.72. The Morgan fingerprint density at radius 1 is 1.41 bits per heavy atom. The molecule has 2 fully saturated rings. The normalized spacial score (nSPS) is 26.2. The summed E-state index contributed by atoms with van der Waals surface area (Å²) < 4.78 is 33.4. The molecular weight excluding hydrogens is 380 g/mol. The zero-order chi connectivity index (χ0) is 19.7. The van der Waals surface area contributed by atoms with E-state index in [1.54, 1.807) is 14.0 Å². The van der Waals surface area contributed by atoms with Gasteiger partial charge in [-0.05, 0) is 31.7 Å². The molecule has 3 rings (SSSR count). The smallest absolute Gasteiger partial charge is 0.318 e. The molecule has 3 amide bonds. The second kappa shape index (κ2) is 7.98. The van der Waals surface area contributed by atoms with Gasteiger partial charge < -0.3 is 20.3 Å². The van der Waals surface area contributed by atoms with Crippen molar-refractivity contribution >= 4 is 23.5 Å². The maximum Gasteiger partial charge on any atom is 0.318 e. The largest absolute Gasteiger partial charge is 0.381 e. The summed E-state index contributed by atoms with van der Waals surface area (Å²) in [5.74, 6) is -2.06. The van der Waals surface area contributed by atoms with Gasteiger partial charge in [0.25, 0.3) is 0 Å². The first kappa shape index (κ1) is 19.8. The Kier molecular flexibility index (Phi) is 5.86. The Bertz CT molecular complexity index is 743. The minimum Gasteiger partial charge on any atom is -0.381 e. The first-order valence-corrected chi connectivity index (χ1v) is 9.22. The van der Waals surface area contributed by atoms with Crippen LogP contribution in [0, 0.1) is 17.6 Å². The highest BCUT2D eigenvalue weighted by Crippen LogP contribution is 2.41. The van der Waals surface area contributed by atoms with Gasteiger partial charge in [0, 0.05) is 25.8 Å². The molecule has 1 heterocycles. The van der Waals surface area contributed by atoms with Gasteiger partial charge in [-0.15, -0.1) is 0 Å². The lowest BCUT2D eigenvalue weighted by Gasteiger charge is -2.41. The van der Waals surface area contributed by atoms with Gasteiger partial charge in [-0.3, -0.25) is 4.79 Å². The first-order valence-electron chi connectivity index (χ1n) is 8.84. The summed E-state index contributed by atoms with van der Waals surface area (Å²) in [7, 11) is 1.60. The Morgan fingerprint density at radius 3 is 2.78 bits per heavy atom. The number of amides is 3. The molecule has 2 atom stereocenters. The van der Waals surface area contributed by atoms with Crippen LogP contribution in [0.15, 0.2) is 12.1 Å². The van der Waals surface area contributed by atoms with Crippen LogP contribution in [0.5, 0.6) is 0 Å². The van der Waals surface area contributed by atoms with Crippen molar-refractivity contribution < 1.29 is 23.1 Å². The molecule has 2 aliphatic rings. The molecule has 1 aromatic carbocycles. The number of ether oxygens (including phenoxy) is 1. The number of nitrogens with zero attached hydrogens (tertiary/aromatic N) is 1. The van der Waals surface area contributed by atoms with E-state index in [4.69, 9.17) is 16.3 Å². The fraction of sp³-hybridized carbons (Fsp3) is 0.556. The van der Waals surface area contributed by atoms with Crippen molar-refractivity contribution in [1.29, 1.82) is 0 Å². The molecule has 0 unspecified atom stereocenters. The molecule has 1 aromatic rings. The molecule has 9 heteroatoms. The molecule has 1 saturated heterocycles. The third-order valence-electron chi connectivity index (χ3n) is 5.37. The standard InChI is InChI=1S/C18H22ClF2N3O3/c1-9-17(25)22-5-6-24(9)18(26)23-16(10-7-11(8-10)27-2)12-3-4-13(20)14(19)15(12)21/h3-4,9-11,16H,5-8H2,1-2H3,(H,22,25)(H,23,26)/t9-,10-,11+,16-/m1/s1. The van der Waals surface area contributed by atoms with Crippen LogP contribution >= 0.6 is 11.6 Å². The van der Waals surface area contributed by atoms with Gasteiger partial charge in [-0.2, -0.15) is 0 Å². The second-order valence-corrected chi connectivity index (χ2v) is 7.32. The number of methoxy groups -OCH3 is 1. The topological polar surface area (TPSA) is 70.7 Å². The third kappa shape index (κ3) is 3.87. The fourth-order valence-electron chi connectivity index (χ4n) is 3.58. The molecule has 2 N–H and O–H groups in total. The Balaban J connectivity index is 1.84. The van der Waals surface area contributed by atoms with Gasteiger partial charge in [0.15, 0.2) is 0 Å². The van der Waals surface area contributed by atoms with Crippen molar-refractivity contribution in [2.75, 3.05) is 20.2 Å². The van der Waals surface area contributed by atoms with E-state index in [0.717, 1.165) is 6.07 Å². The number of piperazine rings is 1. The quantitative estimate of drug-likeness (QED) is 0.762. The second-order valence-electron chi connectivity index (χ2n) is 6.94. The molecule has 0 bridgehead atoms. The van der Waals surface area contributed by atoms with Crippen molar-refractivity contribution in [1.82, 2.24) is 15.5 Å². The highest BCUT2D eigenvalue weighted by atomic mass is 35.5. The summed E-state index contributed by atoms with van der Waals surface area (Å²) in [5, 5.41) is 4.91.